The van der Waals surface area contributed by atoms with Crippen molar-refractivity contribution in [3.8, 4) is 0 Å². The Morgan fingerprint density at radius 1 is 1.14 bits per heavy atom. The van der Waals surface area contributed by atoms with Crippen molar-refractivity contribution in [3.63, 3.8) is 0 Å². The zero-order valence-corrected chi connectivity index (χ0v) is 12.0. The fourth-order valence-corrected chi connectivity index (χ4v) is 1.94. The Hall–Kier alpha value is -2.55. The van der Waals surface area contributed by atoms with Crippen LogP contribution in [0.25, 0.3) is 0 Å². The van der Waals surface area contributed by atoms with Crippen molar-refractivity contribution >= 4 is 29.3 Å². The Morgan fingerprint density at radius 2 is 1.71 bits per heavy atom. The molecule has 0 atom stereocenters. The third kappa shape index (κ3) is 3.31. The van der Waals surface area contributed by atoms with Crippen LogP contribution in [-0.2, 0) is 18.9 Å². The van der Waals surface area contributed by atoms with Crippen LogP contribution in [0.5, 0.6) is 0 Å². The van der Waals surface area contributed by atoms with E-state index in [0.29, 0.717) is 12.4 Å². The highest BCUT2D eigenvalue weighted by molar-refractivity contribution is 5.77. The molecule has 0 bridgehead atoms. The summed E-state index contributed by atoms with van der Waals surface area (Å²) in [5.74, 6) is 1.47. The van der Waals surface area contributed by atoms with E-state index in [0.717, 1.165) is 23.5 Å². The summed E-state index contributed by atoms with van der Waals surface area (Å²) in [5, 5.41) is 26.5. The normalized spacial score (nSPS) is 10.4. The average Bonchev–Trinajstić information content (AvgIpc) is 2.99. The van der Waals surface area contributed by atoms with Crippen molar-refractivity contribution in [2.45, 2.75) is 0 Å². The van der Waals surface area contributed by atoms with Crippen LogP contribution >= 0.6 is 0 Å². The molecule has 9 nitrogen and oxygen atoms in total. The second-order valence-electron chi connectivity index (χ2n) is 4.38. The number of hydrogen-bond donors (Lipinski definition) is 4. The molecule has 2 aromatic heterocycles. The lowest BCUT2D eigenvalue weighted by atomic mass is 10.4. The lowest BCUT2D eigenvalue weighted by Gasteiger charge is -2.11. The lowest BCUT2D eigenvalue weighted by Crippen LogP contribution is -2.11. The minimum Gasteiger partial charge on any atom is -0.395 e. The van der Waals surface area contributed by atoms with Crippen LogP contribution in [0.2, 0.25) is 0 Å². The van der Waals surface area contributed by atoms with Crippen LogP contribution in [0.3, 0.4) is 0 Å². The second-order valence-corrected chi connectivity index (χ2v) is 4.38. The number of aliphatic hydroxyl groups is 1. The summed E-state index contributed by atoms with van der Waals surface area (Å²) in [6.07, 6.45) is 4.13. The first-order valence-corrected chi connectivity index (χ1v) is 6.50. The lowest BCUT2D eigenvalue weighted by molar-refractivity contribution is -0.106. The number of anilines is 4. The molecule has 0 aromatic carbocycles. The summed E-state index contributed by atoms with van der Waals surface area (Å²) >= 11 is 0. The van der Waals surface area contributed by atoms with Gasteiger partial charge < -0.3 is 25.9 Å². The molecule has 2 rings (SSSR count). The van der Waals surface area contributed by atoms with Crippen LogP contribution in [0.1, 0.15) is 0 Å². The molecule has 0 amide bonds. The van der Waals surface area contributed by atoms with Gasteiger partial charge in [0.1, 0.15) is 29.3 Å². The Kier molecular flexibility index (Phi) is 4.77. The van der Waals surface area contributed by atoms with Gasteiger partial charge in [-0.1, -0.05) is 0 Å². The van der Waals surface area contributed by atoms with Gasteiger partial charge in [0.15, 0.2) is 0 Å². The van der Waals surface area contributed by atoms with Crippen molar-refractivity contribution in [2.24, 2.45) is 14.1 Å². The van der Waals surface area contributed by atoms with Gasteiger partial charge in [-0.15, -0.1) is 0 Å². The zero-order chi connectivity index (χ0) is 15.2. The molecule has 0 aliphatic heterocycles. The molecule has 4 N–H and O–H groups in total. The first-order valence-electron chi connectivity index (χ1n) is 6.50. The molecule has 114 valence electrons. The minimum absolute atomic E-state index is 0.0314. The van der Waals surface area contributed by atoms with E-state index in [4.69, 9.17) is 5.11 Å². The van der Waals surface area contributed by atoms with E-state index in [2.05, 4.69) is 26.1 Å². The number of nitrogens with one attached hydrogen (secondary N) is 3. The molecule has 0 aliphatic carbocycles. The molecule has 2 aromatic rings. The van der Waals surface area contributed by atoms with Crippen molar-refractivity contribution in [1.29, 1.82) is 0 Å². The average molecular weight is 293 g/mol. The van der Waals surface area contributed by atoms with E-state index in [1.54, 1.807) is 35.9 Å². The number of aldehydes is 1. The van der Waals surface area contributed by atoms with E-state index in [1.807, 2.05) is 0 Å². The van der Waals surface area contributed by atoms with Gasteiger partial charge in [0.25, 0.3) is 0 Å². The first-order chi connectivity index (χ1) is 10.2. The van der Waals surface area contributed by atoms with Gasteiger partial charge in [-0.2, -0.15) is 10.2 Å². The Labute approximate surface area is 121 Å². The van der Waals surface area contributed by atoms with Crippen molar-refractivity contribution < 1.29 is 9.90 Å². The molecular weight excluding hydrogens is 274 g/mol. The number of hydrogen-bond acceptors (Lipinski definition) is 7. The third-order valence-corrected chi connectivity index (χ3v) is 2.90. The fourth-order valence-electron chi connectivity index (χ4n) is 1.94. The van der Waals surface area contributed by atoms with E-state index in [1.165, 1.54) is 0 Å². The third-order valence-electron chi connectivity index (χ3n) is 2.90. The number of rotatable bonds is 8. The summed E-state index contributed by atoms with van der Waals surface area (Å²) in [5.41, 5.74) is 1.49. The first kappa shape index (κ1) is 14.9. The summed E-state index contributed by atoms with van der Waals surface area (Å²) in [7, 11) is 3.59. The van der Waals surface area contributed by atoms with Gasteiger partial charge in [0, 0.05) is 20.6 Å². The minimum atomic E-state index is 0.0314. The van der Waals surface area contributed by atoms with Crippen LogP contribution < -0.4 is 16.0 Å². The van der Waals surface area contributed by atoms with E-state index < -0.39 is 0 Å². The highest BCUT2D eigenvalue weighted by Gasteiger charge is 2.13. The van der Waals surface area contributed by atoms with E-state index in [-0.39, 0.29) is 13.2 Å². The van der Waals surface area contributed by atoms with Gasteiger partial charge >= 0.3 is 0 Å². The van der Waals surface area contributed by atoms with Crippen molar-refractivity contribution in [2.75, 3.05) is 35.6 Å². The van der Waals surface area contributed by atoms with Gasteiger partial charge in [-0.3, -0.25) is 9.36 Å². The zero-order valence-electron chi connectivity index (χ0n) is 12.0. The maximum absolute atomic E-state index is 10.5. The topological polar surface area (TPSA) is 109 Å². The molecule has 0 unspecified atom stereocenters. The van der Waals surface area contributed by atoms with E-state index >= 15 is 0 Å². The predicted octanol–water partition coefficient (Wildman–Crippen LogP) is -0.0878. The maximum Gasteiger partial charge on any atom is 0.148 e. The summed E-state index contributed by atoms with van der Waals surface area (Å²) in [6, 6.07) is 0. The summed E-state index contributed by atoms with van der Waals surface area (Å²) in [6.45, 7) is 0.665. The number of carbonyl (C=O) groups is 1. The number of aromatic nitrogens is 4. The second kappa shape index (κ2) is 6.75. The monoisotopic (exact) mass is 293 g/mol. The number of aliphatic hydroxyl groups excluding tert-OH is 1. The highest BCUT2D eigenvalue weighted by Crippen LogP contribution is 2.28. The van der Waals surface area contributed by atoms with Crippen molar-refractivity contribution in [1.82, 2.24) is 19.6 Å². The predicted molar refractivity (Wildman–Crippen MR) is 79.8 cm³/mol. The molecule has 2 heterocycles. The SMILES string of the molecule is Cn1ncc(Nc2cnn(C)c2NCCO)c1NCC=O. The van der Waals surface area contributed by atoms with Crippen LogP contribution in [0, 0.1) is 0 Å². The number of carbonyl (C=O) groups excluding carboxylic acids is 1. The molecule has 0 saturated heterocycles. The van der Waals surface area contributed by atoms with Crippen LogP contribution in [-0.4, -0.2) is 50.7 Å². The Balaban J connectivity index is 2.20. The van der Waals surface area contributed by atoms with Crippen LogP contribution in [0.15, 0.2) is 12.4 Å². The Bertz CT molecular complexity index is 605. The molecule has 0 fully saturated rings. The van der Waals surface area contributed by atoms with Gasteiger partial charge in [0.2, 0.25) is 0 Å². The standard InChI is InChI=1S/C12H19N7O2/c1-18-11(13-3-5-20)9(7-15-18)17-10-8-16-19(2)12(10)14-4-6-21/h5,7-8,13-14,17,21H,3-4,6H2,1-2H3. The fraction of sp³-hybridized carbons (Fsp3) is 0.417. The molecular formula is C12H19N7O2. The smallest absolute Gasteiger partial charge is 0.148 e. The highest BCUT2D eigenvalue weighted by atomic mass is 16.3. The molecule has 0 spiro atoms. The van der Waals surface area contributed by atoms with Crippen LogP contribution in [0.4, 0.5) is 23.0 Å². The van der Waals surface area contributed by atoms with Crippen molar-refractivity contribution in [3.05, 3.63) is 12.4 Å². The maximum atomic E-state index is 10.5. The summed E-state index contributed by atoms with van der Waals surface area (Å²) in [4.78, 5) is 10.5. The molecule has 9 heteroatoms. The number of nitrogens with zero attached hydrogens (tertiary/aromatic N) is 4. The van der Waals surface area contributed by atoms with Gasteiger partial charge in [-0.25, -0.2) is 0 Å². The Morgan fingerprint density at radius 3 is 2.24 bits per heavy atom. The van der Waals surface area contributed by atoms with E-state index in [9.17, 15) is 4.79 Å². The number of aryl methyl sites for hydroxylation is 2. The largest absolute Gasteiger partial charge is 0.395 e. The molecule has 0 aliphatic rings. The quantitative estimate of drug-likeness (QED) is 0.504. The van der Waals surface area contributed by atoms with Gasteiger partial charge in [0.05, 0.1) is 25.5 Å². The molecule has 0 radical (unpaired) electrons. The molecule has 0 saturated carbocycles. The summed E-state index contributed by atoms with van der Waals surface area (Å²) < 4.78 is 3.32. The van der Waals surface area contributed by atoms with Gasteiger partial charge in [-0.05, 0) is 0 Å². The molecule has 21 heavy (non-hydrogen) atoms.